The van der Waals surface area contributed by atoms with Crippen molar-refractivity contribution in [2.45, 2.75) is 55.5 Å². The summed E-state index contributed by atoms with van der Waals surface area (Å²) >= 11 is 0. The van der Waals surface area contributed by atoms with Gasteiger partial charge in [-0.25, -0.2) is 26.7 Å². The molecule has 3 N–H and O–H groups in total. The van der Waals surface area contributed by atoms with Gasteiger partial charge in [0.1, 0.15) is 6.04 Å². The molecule has 0 spiro atoms. The van der Waals surface area contributed by atoms with E-state index in [0.29, 0.717) is 5.56 Å². The third-order valence-electron chi connectivity index (χ3n) is 3.82. The van der Waals surface area contributed by atoms with Crippen LogP contribution in [0.25, 0.3) is 0 Å². The molecule has 1 atom stereocenters. The summed E-state index contributed by atoms with van der Waals surface area (Å²) in [7, 11) is -3.55. The fourth-order valence-electron chi connectivity index (χ4n) is 2.25. The summed E-state index contributed by atoms with van der Waals surface area (Å²) in [5.41, 5.74) is 0.672. The van der Waals surface area contributed by atoms with Gasteiger partial charge in [-0.15, -0.1) is 0 Å². The molecule has 0 saturated heterocycles. The van der Waals surface area contributed by atoms with Crippen molar-refractivity contribution in [3.63, 3.8) is 0 Å². The molecule has 144 valence electrons. The number of benzene rings is 1. The van der Waals surface area contributed by atoms with Crippen LogP contribution < -0.4 is 10.0 Å². The smallest absolute Gasteiger partial charge is 0.326 e. The quantitative estimate of drug-likeness (QED) is 0.557. The maximum absolute atomic E-state index is 12.3. The zero-order valence-electron chi connectivity index (χ0n) is 13.8. The molecule has 1 aliphatic rings. The van der Waals surface area contributed by atoms with Crippen molar-refractivity contribution in [1.29, 1.82) is 0 Å². The lowest BCUT2D eigenvalue weighted by Crippen LogP contribution is -2.42. The van der Waals surface area contributed by atoms with Crippen LogP contribution in [0.3, 0.4) is 0 Å². The molecule has 1 amide bonds. The molecule has 0 heterocycles. The predicted octanol–water partition coefficient (Wildman–Crippen LogP) is 1.28. The molecule has 1 aliphatic carbocycles. The lowest BCUT2D eigenvalue weighted by Gasteiger charge is -2.14. The fraction of sp³-hybridized carbons (Fsp3) is 0.500. The molecule has 2 rings (SSSR count). The highest BCUT2D eigenvalue weighted by atomic mass is 32.2. The van der Waals surface area contributed by atoms with Gasteiger partial charge < -0.3 is 10.4 Å². The molecule has 7 nitrogen and oxygen atoms in total. The zero-order valence-corrected chi connectivity index (χ0v) is 14.6. The zero-order chi connectivity index (χ0) is 19.3. The Bertz CT molecular complexity index is 748. The summed E-state index contributed by atoms with van der Waals surface area (Å²) < 4.78 is 51.2. The molecule has 1 unspecified atom stereocenters. The molecule has 1 aromatic carbocycles. The fourth-order valence-corrected chi connectivity index (χ4v) is 3.55. The van der Waals surface area contributed by atoms with Crippen LogP contribution >= 0.6 is 0 Å². The number of hydrogen-bond donors (Lipinski definition) is 3. The Kier molecular flexibility index (Phi) is 6.65. The molecular weight excluding hydrogens is 370 g/mol. The Hall–Kier alpha value is -2.07. The number of alkyl halides is 2. The molecule has 0 aromatic heterocycles. The van der Waals surface area contributed by atoms with Gasteiger partial charge in [0.2, 0.25) is 22.4 Å². The predicted molar refractivity (Wildman–Crippen MR) is 88.3 cm³/mol. The van der Waals surface area contributed by atoms with Crippen molar-refractivity contribution >= 4 is 21.9 Å². The van der Waals surface area contributed by atoms with Gasteiger partial charge in [0.25, 0.3) is 0 Å². The minimum absolute atomic E-state index is 0.00112. The van der Waals surface area contributed by atoms with Crippen LogP contribution in [-0.4, -0.2) is 43.9 Å². The highest BCUT2D eigenvalue weighted by molar-refractivity contribution is 7.89. The minimum atomic E-state index is -3.55. The maximum atomic E-state index is 12.3. The van der Waals surface area contributed by atoms with Crippen molar-refractivity contribution in [1.82, 2.24) is 10.0 Å². The largest absolute Gasteiger partial charge is 0.480 e. The Morgan fingerprint density at radius 1 is 1.19 bits per heavy atom. The summed E-state index contributed by atoms with van der Waals surface area (Å²) in [5, 5.41) is 10.9. The molecule has 0 radical (unpaired) electrons. The molecule has 26 heavy (non-hydrogen) atoms. The topological polar surface area (TPSA) is 113 Å². The van der Waals surface area contributed by atoms with E-state index in [9.17, 15) is 26.8 Å². The molecule has 1 aromatic rings. The van der Waals surface area contributed by atoms with Crippen molar-refractivity contribution < 1.29 is 31.9 Å². The Morgan fingerprint density at radius 3 is 2.31 bits per heavy atom. The molecule has 10 heteroatoms. The summed E-state index contributed by atoms with van der Waals surface area (Å²) in [6, 6.07) is 4.33. The summed E-state index contributed by atoms with van der Waals surface area (Å²) in [4.78, 5) is 22.7. The Morgan fingerprint density at radius 2 is 1.81 bits per heavy atom. The first-order valence-electron chi connectivity index (χ1n) is 8.09. The van der Waals surface area contributed by atoms with Crippen molar-refractivity contribution in [3.05, 3.63) is 29.8 Å². The number of sulfonamides is 1. The number of carbonyl (C=O) groups is 2. The Labute approximate surface area is 149 Å². The number of hydrogen-bond acceptors (Lipinski definition) is 4. The van der Waals surface area contributed by atoms with E-state index in [-0.39, 0.29) is 23.8 Å². The van der Waals surface area contributed by atoms with Crippen LogP contribution in [0.1, 0.15) is 31.2 Å². The number of carbonyl (C=O) groups excluding carboxylic acids is 1. The number of halogens is 2. The lowest BCUT2D eigenvalue weighted by atomic mass is 10.1. The number of aryl methyl sites for hydroxylation is 1. The lowest BCUT2D eigenvalue weighted by molar-refractivity contribution is -0.143. The van der Waals surface area contributed by atoms with Gasteiger partial charge in [0, 0.05) is 18.9 Å². The van der Waals surface area contributed by atoms with E-state index >= 15 is 0 Å². The van der Waals surface area contributed by atoms with Gasteiger partial charge in [0.05, 0.1) is 4.90 Å². The van der Waals surface area contributed by atoms with Gasteiger partial charge in [-0.2, -0.15) is 0 Å². The highest BCUT2D eigenvalue weighted by Crippen LogP contribution is 2.22. The van der Waals surface area contributed by atoms with Gasteiger partial charge in [-0.3, -0.25) is 4.79 Å². The van der Waals surface area contributed by atoms with E-state index in [1.54, 1.807) is 12.1 Å². The van der Waals surface area contributed by atoms with Crippen molar-refractivity contribution in [2.75, 3.05) is 0 Å². The van der Waals surface area contributed by atoms with Gasteiger partial charge in [0.15, 0.2) is 0 Å². The first-order valence-corrected chi connectivity index (χ1v) is 9.57. The molecular formula is C16H20F2N2O5S. The number of carboxylic acid groups (broad SMARTS) is 1. The molecule has 1 fully saturated rings. The van der Waals surface area contributed by atoms with Gasteiger partial charge in [-0.1, -0.05) is 12.1 Å². The van der Waals surface area contributed by atoms with Crippen LogP contribution in [0.4, 0.5) is 8.78 Å². The highest BCUT2D eigenvalue weighted by Gasteiger charge is 2.28. The van der Waals surface area contributed by atoms with Gasteiger partial charge >= 0.3 is 5.97 Å². The SMILES string of the molecule is O=C(CCc1ccc(S(=O)(=O)NC2CC2)cc1)NC(CC(F)F)C(=O)O. The first kappa shape index (κ1) is 20.2. The number of nitrogens with one attached hydrogen (secondary N) is 2. The monoisotopic (exact) mass is 390 g/mol. The van der Waals surface area contributed by atoms with Crippen molar-refractivity contribution in [3.8, 4) is 0 Å². The summed E-state index contributed by atoms with van der Waals surface area (Å²) in [5.74, 6) is -2.18. The number of carboxylic acids is 1. The van der Waals surface area contributed by atoms with Crippen LogP contribution in [-0.2, 0) is 26.0 Å². The normalized spacial score (nSPS) is 15.7. The summed E-state index contributed by atoms with van der Waals surface area (Å²) in [6.45, 7) is 0. The summed E-state index contributed by atoms with van der Waals surface area (Å²) in [6.07, 6.45) is -2.01. The number of aliphatic carboxylic acids is 1. The second-order valence-electron chi connectivity index (χ2n) is 6.12. The third-order valence-corrected chi connectivity index (χ3v) is 5.36. The van der Waals surface area contributed by atoms with Crippen LogP contribution in [0.5, 0.6) is 0 Å². The minimum Gasteiger partial charge on any atom is -0.480 e. The van der Waals surface area contributed by atoms with Gasteiger partial charge in [-0.05, 0) is 37.0 Å². The first-order chi connectivity index (χ1) is 12.2. The maximum Gasteiger partial charge on any atom is 0.326 e. The average molecular weight is 390 g/mol. The second kappa shape index (κ2) is 8.54. The second-order valence-corrected chi connectivity index (χ2v) is 7.84. The third kappa shape index (κ3) is 6.34. The van der Waals surface area contributed by atoms with Crippen molar-refractivity contribution in [2.24, 2.45) is 0 Å². The van der Waals surface area contributed by atoms with E-state index in [1.807, 2.05) is 0 Å². The number of amides is 1. The van der Waals surface area contributed by atoms with Crippen LogP contribution in [0.2, 0.25) is 0 Å². The van der Waals surface area contributed by atoms with E-state index in [4.69, 9.17) is 5.11 Å². The number of rotatable bonds is 10. The average Bonchev–Trinajstić information content (AvgIpc) is 3.35. The van der Waals surface area contributed by atoms with E-state index in [1.165, 1.54) is 12.1 Å². The molecule has 0 bridgehead atoms. The van der Waals surface area contributed by atoms with E-state index in [0.717, 1.165) is 12.8 Å². The van der Waals surface area contributed by atoms with Crippen LogP contribution in [0, 0.1) is 0 Å². The standard InChI is InChI=1S/C16H20F2N2O5S/c17-14(18)9-13(16(22)23)19-15(21)8-3-10-1-6-12(7-2-10)26(24,25)20-11-4-5-11/h1-2,6-7,11,13-14,20H,3-5,8-9H2,(H,19,21)(H,22,23). The molecule has 1 saturated carbocycles. The Balaban J connectivity index is 1.86. The van der Waals surface area contributed by atoms with E-state index in [2.05, 4.69) is 10.0 Å². The molecule has 0 aliphatic heterocycles. The van der Waals surface area contributed by atoms with E-state index < -0.39 is 40.8 Å². The van der Waals surface area contributed by atoms with Crippen LogP contribution in [0.15, 0.2) is 29.2 Å².